The van der Waals surface area contributed by atoms with Gasteiger partial charge in [0, 0.05) is 13.3 Å². The summed E-state index contributed by atoms with van der Waals surface area (Å²) >= 11 is 0. The molecule has 0 spiro atoms. The molecule has 0 saturated carbocycles. The number of aliphatic imine (C=N–C) groups is 1. The molecule has 0 aliphatic carbocycles. The minimum atomic E-state index is -0.120. The summed E-state index contributed by atoms with van der Waals surface area (Å²) in [7, 11) is 0. The van der Waals surface area contributed by atoms with Crippen LogP contribution in [-0.2, 0) is 11.2 Å². The minimum absolute atomic E-state index is 0.120. The Bertz CT molecular complexity index is 989. The molecule has 0 fully saturated rings. The van der Waals surface area contributed by atoms with Crippen LogP contribution in [0.5, 0.6) is 0 Å². The van der Waals surface area contributed by atoms with Crippen LogP contribution in [0.15, 0.2) is 77.8 Å². The van der Waals surface area contributed by atoms with Crippen molar-refractivity contribution in [1.82, 2.24) is 0 Å². The molecule has 0 saturated heterocycles. The van der Waals surface area contributed by atoms with Gasteiger partial charge in [-0.2, -0.15) is 0 Å². The molecule has 0 radical (unpaired) electrons. The molecule has 4 rings (SSSR count). The van der Waals surface area contributed by atoms with Crippen LogP contribution in [0.25, 0.3) is 22.3 Å². The number of nitrogens with zero attached hydrogens (tertiary/aromatic N) is 1. The third-order valence-electron chi connectivity index (χ3n) is 5.87. The van der Waals surface area contributed by atoms with Crippen LogP contribution < -0.4 is 0 Å². The van der Waals surface area contributed by atoms with E-state index in [1.165, 1.54) is 33.4 Å². The van der Waals surface area contributed by atoms with E-state index in [0.29, 0.717) is 6.61 Å². The van der Waals surface area contributed by atoms with E-state index in [1.54, 1.807) is 0 Å². The molecular weight excluding hydrogens is 342 g/mol. The Hall–Kier alpha value is -2.87. The van der Waals surface area contributed by atoms with Gasteiger partial charge >= 0.3 is 0 Å². The van der Waals surface area contributed by atoms with Gasteiger partial charge in [-0.15, -0.1) is 0 Å². The highest BCUT2D eigenvalue weighted by Crippen LogP contribution is 2.33. The number of benzene rings is 3. The van der Waals surface area contributed by atoms with E-state index in [9.17, 15) is 0 Å². The van der Waals surface area contributed by atoms with Crippen LogP contribution in [-0.4, -0.2) is 18.0 Å². The first-order chi connectivity index (χ1) is 13.6. The molecule has 0 aromatic heterocycles. The van der Waals surface area contributed by atoms with E-state index in [1.807, 2.05) is 6.92 Å². The van der Waals surface area contributed by atoms with E-state index >= 15 is 0 Å². The second kappa shape index (κ2) is 7.63. The largest absolute Gasteiger partial charge is 0.479 e. The molecule has 1 aliphatic heterocycles. The maximum Gasteiger partial charge on any atom is 0.180 e. The van der Waals surface area contributed by atoms with Crippen LogP contribution in [0, 0.1) is 6.92 Å². The molecule has 2 nitrogen and oxygen atoms in total. The number of rotatable bonds is 5. The van der Waals surface area contributed by atoms with Gasteiger partial charge in [0.15, 0.2) is 5.90 Å². The van der Waals surface area contributed by atoms with E-state index in [4.69, 9.17) is 9.73 Å². The predicted molar refractivity (Wildman–Crippen MR) is 118 cm³/mol. The molecule has 142 valence electrons. The van der Waals surface area contributed by atoms with Crippen LogP contribution in [0.3, 0.4) is 0 Å². The lowest BCUT2D eigenvalue weighted by molar-refractivity contribution is 0.246. The lowest BCUT2D eigenvalue weighted by Crippen LogP contribution is -2.30. The van der Waals surface area contributed by atoms with Gasteiger partial charge in [0.1, 0.15) is 12.1 Å². The first-order valence-electron chi connectivity index (χ1n) is 10.0. The third-order valence-corrected chi connectivity index (χ3v) is 5.87. The second-order valence-corrected chi connectivity index (χ2v) is 7.71. The van der Waals surface area contributed by atoms with Gasteiger partial charge in [0.2, 0.25) is 0 Å². The Balaban J connectivity index is 1.64. The zero-order chi connectivity index (χ0) is 19.6. The van der Waals surface area contributed by atoms with Gasteiger partial charge in [-0.05, 0) is 46.7 Å². The van der Waals surface area contributed by atoms with Crippen LogP contribution in [0.1, 0.15) is 31.4 Å². The fourth-order valence-electron chi connectivity index (χ4n) is 4.05. The number of hydrogen-bond acceptors (Lipinski definition) is 2. The Kier molecular flexibility index (Phi) is 5.04. The normalized spacial score (nSPS) is 18.6. The first-order valence-corrected chi connectivity index (χ1v) is 10.0. The van der Waals surface area contributed by atoms with Crippen molar-refractivity contribution in [3.63, 3.8) is 0 Å². The molecule has 1 aliphatic rings. The SMILES string of the molecule is CC[C@]1(Cc2cccc(-c3ccc(-c4ccccc4)cc3)c2C)COC(C)=N1. The highest BCUT2D eigenvalue weighted by atomic mass is 16.5. The summed E-state index contributed by atoms with van der Waals surface area (Å²) in [6, 6.07) is 26.0. The van der Waals surface area contributed by atoms with E-state index < -0.39 is 0 Å². The van der Waals surface area contributed by atoms with Gasteiger partial charge in [-0.1, -0.05) is 79.7 Å². The number of hydrogen-bond donors (Lipinski definition) is 0. The van der Waals surface area contributed by atoms with Gasteiger partial charge in [0.05, 0.1) is 0 Å². The van der Waals surface area contributed by atoms with Gasteiger partial charge in [0.25, 0.3) is 0 Å². The van der Waals surface area contributed by atoms with E-state index in [-0.39, 0.29) is 5.54 Å². The average Bonchev–Trinajstić information content (AvgIpc) is 3.11. The van der Waals surface area contributed by atoms with Gasteiger partial charge in [-0.3, -0.25) is 0 Å². The maximum atomic E-state index is 5.69. The van der Waals surface area contributed by atoms with Crippen molar-refractivity contribution in [2.75, 3.05) is 6.61 Å². The van der Waals surface area contributed by atoms with Crippen molar-refractivity contribution in [3.8, 4) is 22.3 Å². The topological polar surface area (TPSA) is 21.6 Å². The minimum Gasteiger partial charge on any atom is -0.479 e. The molecule has 2 heteroatoms. The summed E-state index contributed by atoms with van der Waals surface area (Å²) in [6.07, 6.45) is 1.91. The summed E-state index contributed by atoms with van der Waals surface area (Å²) in [6.45, 7) is 7.07. The van der Waals surface area contributed by atoms with Crippen molar-refractivity contribution >= 4 is 5.90 Å². The van der Waals surface area contributed by atoms with Gasteiger partial charge in [-0.25, -0.2) is 4.99 Å². The fourth-order valence-corrected chi connectivity index (χ4v) is 4.05. The van der Waals surface area contributed by atoms with E-state index in [0.717, 1.165) is 18.7 Å². The Morgan fingerprint density at radius 1 is 0.821 bits per heavy atom. The Morgan fingerprint density at radius 2 is 1.50 bits per heavy atom. The lowest BCUT2D eigenvalue weighted by Gasteiger charge is -2.24. The number of ether oxygens (including phenoxy) is 1. The molecule has 0 bridgehead atoms. The summed E-state index contributed by atoms with van der Waals surface area (Å²) in [4.78, 5) is 4.82. The van der Waals surface area contributed by atoms with Crippen molar-refractivity contribution in [3.05, 3.63) is 83.9 Å². The third kappa shape index (κ3) is 3.60. The molecule has 0 unspecified atom stereocenters. The van der Waals surface area contributed by atoms with E-state index in [2.05, 4.69) is 86.6 Å². The van der Waals surface area contributed by atoms with Crippen molar-refractivity contribution < 1.29 is 4.74 Å². The Labute approximate surface area is 167 Å². The fraction of sp³-hybridized carbons (Fsp3) is 0.269. The lowest BCUT2D eigenvalue weighted by atomic mass is 9.86. The maximum absolute atomic E-state index is 5.69. The summed E-state index contributed by atoms with van der Waals surface area (Å²) in [5, 5.41) is 0. The summed E-state index contributed by atoms with van der Waals surface area (Å²) in [5.41, 5.74) is 7.62. The van der Waals surface area contributed by atoms with Crippen LogP contribution >= 0.6 is 0 Å². The summed E-state index contributed by atoms with van der Waals surface area (Å²) in [5.74, 6) is 0.812. The standard InChI is InChI=1S/C26H27NO/c1-4-26(18-28-20(3)27-26)17-24-11-8-12-25(19(24)2)23-15-13-22(14-16-23)21-9-6-5-7-10-21/h5-16H,4,17-18H2,1-3H3/t26-/m0/s1. The van der Waals surface area contributed by atoms with Crippen molar-refractivity contribution in [1.29, 1.82) is 0 Å². The molecule has 1 heterocycles. The molecule has 3 aromatic rings. The highest BCUT2D eigenvalue weighted by molar-refractivity contribution is 5.76. The van der Waals surface area contributed by atoms with Crippen LogP contribution in [0.4, 0.5) is 0 Å². The molecule has 3 aromatic carbocycles. The second-order valence-electron chi connectivity index (χ2n) is 7.71. The van der Waals surface area contributed by atoms with Gasteiger partial charge < -0.3 is 4.74 Å². The Morgan fingerprint density at radius 3 is 2.14 bits per heavy atom. The van der Waals surface area contributed by atoms with Crippen molar-refractivity contribution in [2.24, 2.45) is 4.99 Å². The smallest absolute Gasteiger partial charge is 0.180 e. The molecule has 28 heavy (non-hydrogen) atoms. The predicted octanol–water partition coefficient (Wildman–Crippen LogP) is 6.47. The summed E-state index contributed by atoms with van der Waals surface area (Å²) < 4.78 is 5.69. The van der Waals surface area contributed by atoms with Crippen molar-refractivity contribution in [2.45, 2.75) is 39.2 Å². The zero-order valence-corrected chi connectivity index (χ0v) is 16.9. The molecular formula is C26H27NO. The highest BCUT2D eigenvalue weighted by Gasteiger charge is 2.34. The van der Waals surface area contributed by atoms with Crippen LogP contribution in [0.2, 0.25) is 0 Å². The molecule has 0 amide bonds. The zero-order valence-electron chi connectivity index (χ0n) is 16.9. The molecule has 1 atom stereocenters. The first kappa shape index (κ1) is 18.5. The quantitative estimate of drug-likeness (QED) is 0.505. The average molecular weight is 370 g/mol. The molecule has 0 N–H and O–H groups in total. The monoisotopic (exact) mass is 369 g/mol.